The minimum Gasteiger partial charge on any atom is -0.467 e. The predicted molar refractivity (Wildman–Crippen MR) is 108 cm³/mol. The van der Waals surface area contributed by atoms with Crippen molar-refractivity contribution in [2.24, 2.45) is 0 Å². The number of furan rings is 1. The zero-order chi connectivity index (χ0) is 20.1. The zero-order valence-electron chi connectivity index (χ0n) is 15.0. The van der Waals surface area contributed by atoms with Crippen LogP contribution >= 0.6 is 15.9 Å². The van der Waals surface area contributed by atoms with Crippen LogP contribution in [0.3, 0.4) is 0 Å². The highest BCUT2D eigenvalue weighted by Crippen LogP contribution is 2.22. The molecule has 3 aromatic rings. The first-order chi connectivity index (χ1) is 13.3. The van der Waals surface area contributed by atoms with Gasteiger partial charge in [-0.25, -0.2) is 0 Å². The lowest BCUT2D eigenvalue weighted by atomic mass is 10.1. The highest BCUT2D eigenvalue weighted by molar-refractivity contribution is 9.10. The average molecular weight is 464 g/mol. The van der Waals surface area contributed by atoms with Crippen molar-refractivity contribution in [3.63, 3.8) is 0 Å². The third-order valence-electron chi connectivity index (χ3n) is 3.86. The van der Waals surface area contributed by atoms with E-state index in [-0.39, 0.29) is 11.7 Å². The summed E-state index contributed by atoms with van der Waals surface area (Å²) in [6, 6.07) is 17.4. The Kier molecular flexibility index (Phi) is 6.21. The second-order valence-electron chi connectivity index (χ2n) is 6.15. The first-order valence-electron chi connectivity index (χ1n) is 8.36. The van der Waals surface area contributed by atoms with Crippen LogP contribution in [-0.2, 0) is 23.2 Å². The Hall–Kier alpha value is -2.58. The van der Waals surface area contributed by atoms with Crippen molar-refractivity contribution < 1.29 is 21.8 Å². The fraction of sp³-hybridized carbons (Fsp3) is 0.150. The Morgan fingerprint density at radius 1 is 1.04 bits per heavy atom. The van der Waals surface area contributed by atoms with Gasteiger partial charge in [0.2, 0.25) is 0 Å². The maximum Gasteiger partial charge on any atom is 0.306 e. The van der Waals surface area contributed by atoms with E-state index in [2.05, 4.69) is 15.9 Å². The first-order valence-corrected chi connectivity index (χ1v) is 11.0. The fourth-order valence-corrected chi connectivity index (χ4v) is 3.56. The molecule has 0 unspecified atom stereocenters. The molecule has 6 nitrogen and oxygen atoms in total. The monoisotopic (exact) mass is 463 g/mol. The number of hydrogen-bond donors (Lipinski definition) is 0. The van der Waals surface area contributed by atoms with E-state index in [1.165, 1.54) is 0 Å². The van der Waals surface area contributed by atoms with Crippen LogP contribution in [0.1, 0.15) is 21.7 Å². The Balaban J connectivity index is 1.83. The molecular weight excluding hydrogens is 446 g/mol. The fourth-order valence-electron chi connectivity index (χ4n) is 2.64. The van der Waals surface area contributed by atoms with Crippen molar-refractivity contribution in [1.82, 2.24) is 4.90 Å². The van der Waals surface area contributed by atoms with Crippen molar-refractivity contribution in [2.75, 3.05) is 6.26 Å². The second-order valence-corrected chi connectivity index (χ2v) is 8.58. The van der Waals surface area contributed by atoms with Crippen molar-refractivity contribution >= 4 is 32.0 Å². The third kappa shape index (κ3) is 5.46. The molecule has 0 radical (unpaired) electrons. The van der Waals surface area contributed by atoms with Gasteiger partial charge >= 0.3 is 10.1 Å². The van der Waals surface area contributed by atoms with E-state index in [9.17, 15) is 13.2 Å². The Labute approximate surface area is 172 Å². The van der Waals surface area contributed by atoms with Crippen LogP contribution in [0.4, 0.5) is 0 Å². The van der Waals surface area contributed by atoms with Crippen LogP contribution in [0.5, 0.6) is 5.75 Å². The molecule has 146 valence electrons. The van der Waals surface area contributed by atoms with Gasteiger partial charge in [0.25, 0.3) is 5.91 Å². The summed E-state index contributed by atoms with van der Waals surface area (Å²) in [5.74, 6) is 0.735. The third-order valence-corrected chi connectivity index (χ3v) is 5.05. The highest BCUT2D eigenvalue weighted by Gasteiger charge is 2.20. The highest BCUT2D eigenvalue weighted by atomic mass is 79.9. The average Bonchev–Trinajstić information content (AvgIpc) is 3.14. The molecule has 0 saturated carbocycles. The topological polar surface area (TPSA) is 76.8 Å². The van der Waals surface area contributed by atoms with Gasteiger partial charge in [-0.3, -0.25) is 4.79 Å². The van der Waals surface area contributed by atoms with E-state index in [1.807, 2.05) is 18.2 Å². The summed E-state index contributed by atoms with van der Waals surface area (Å²) < 4.78 is 33.4. The molecule has 0 bridgehead atoms. The maximum absolute atomic E-state index is 13.1. The molecule has 1 amide bonds. The quantitative estimate of drug-likeness (QED) is 0.490. The minimum absolute atomic E-state index is 0.152. The van der Waals surface area contributed by atoms with Gasteiger partial charge in [-0.2, -0.15) is 8.42 Å². The molecule has 1 aromatic heterocycles. The molecule has 2 aromatic carbocycles. The van der Waals surface area contributed by atoms with Crippen molar-refractivity contribution in [2.45, 2.75) is 13.1 Å². The van der Waals surface area contributed by atoms with E-state index in [4.69, 9.17) is 8.60 Å². The Bertz CT molecular complexity index is 1050. The normalized spacial score (nSPS) is 11.2. The summed E-state index contributed by atoms with van der Waals surface area (Å²) in [6.45, 7) is 0.620. The minimum atomic E-state index is -3.58. The maximum atomic E-state index is 13.1. The predicted octanol–water partition coefficient (Wildman–Crippen LogP) is 4.22. The molecule has 0 N–H and O–H groups in total. The standard InChI is InChI=1S/C20H18BrNO5S/c1-28(24,25)27-16-10-8-15(9-11-16)13-22(14-17-5-4-12-26-17)20(23)18-6-2-3-7-19(18)21/h2-12H,13-14H2,1H3. The molecule has 0 aliphatic heterocycles. The number of halogens is 1. The van der Waals surface area contributed by atoms with E-state index in [1.54, 1.807) is 53.6 Å². The molecular formula is C20H18BrNO5S. The number of hydrogen-bond acceptors (Lipinski definition) is 5. The summed E-state index contributed by atoms with van der Waals surface area (Å²) in [7, 11) is -3.58. The van der Waals surface area contributed by atoms with E-state index in [0.717, 1.165) is 11.8 Å². The molecule has 0 atom stereocenters. The Morgan fingerprint density at radius 3 is 2.36 bits per heavy atom. The van der Waals surface area contributed by atoms with Gasteiger partial charge in [-0.15, -0.1) is 0 Å². The summed E-state index contributed by atoms with van der Waals surface area (Å²) in [5, 5.41) is 0. The van der Waals surface area contributed by atoms with Gasteiger partial charge in [-0.05, 0) is 57.9 Å². The summed E-state index contributed by atoms with van der Waals surface area (Å²) >= 11 is 3.42. The largest absolute Gasteiger partial charge is 0.467 e. The number of nitrogens with zero attached hydrogens (tertiary/aromatic N) is 1. The molecule has 3 rings (SSSR count). The van der Waals surface area contributed by atoms with Crippen molar-refractivity contribution in [3.05, 3.63) is 88.3 Å². The van der Waals surface area contributed by atoms with Crippen LogP contribution < -0.4 is 4.18 Å². The van der Waals surface area contributed by atoms with Crippen LogP contribution in [-0.4, -0.2) is 25.5 Å². The molecule has 1 heterocycles. The molecule has 0 spiro atoms. The number of benzene rings is 2. The van der Waals surface area contributed by atoms with Crippen molar-refractivity contribution in [3.8, 4) is 5.75 Å². The lowest BCUT2D eigenvalue weighted by molar-refractivity contribution is 0.0717. The van der Waals surface area contributed by atoms with Gasteiger partial charge < -0.3 is 13.5 Å². The van der Waals surface area contributed by atoms with Crippen LogP contribution in [0.25, 0.3) is 0 Å². The first kappa shape index (κ1) is 20.2. The number of amides is 1. The van der Waals surface area contributed by atoms with Gasteiger partial charge in [0.15, 0.2) is 0 Å². The summed E-state index contributed by atoms with van der Waals surface area (Å²) in [5.41, 5.74) is 1.37. The van der Waals surface area contributed by atoms with Crippen LogP contribution in [0.15, 0.2) is 75.8 Å². The smallest absolute Gasteiger partial charge is 0.306 e. The zero-order valence-corrected chi connectivity index (χ0v) is 17.4. The number of carbonyl (C=O) groups excluding carboxylic acids is 1. The van der Waals surface area contributed by atoms with Crippen LogP contribution in [0.2, 0.25) is 0 Å². The SMILES string of the molecule is CS(=O)(=O)Oc1ccc(CN(Cc2ccco2)C(=O)c2ccccc2Br)cc1. The summed E-state index contributed by atoms with van der Waals surface area (Å²) in [4.78, 5) is 14.8. The molecule has 0 fully saturated rings. The second kappa shape index (κ2) is 8.62. The lowest BCUT2D eigenvalue weighted by Crippen LogP contribution is -2.30. The van der Waals surface area contributed by atoms with Gasteiger partial charge in [0.1, 0.15) is 11.5 Å². The van der Waals surface area contributed by atoms with E-state index < -0.39 is 10.1 Å². The number of carbonyl (C=O) groups is 1. The van der Waals surface area contributed by atoms with Crippen molar-refractivity contribution in [1.29, 1.82) is 0 Å². The molecule has 28 heavy (non-hydrogen) atoms. The molecule has 8 heteroatoms. The van der Waals surface area contributed by atoms with Gasteiger partial charge in [0.05, 0.1) is 24.6 Å². The van der Waals surface area contributed by atoms with E-state index >= 15 is 0 Å². The lowest BCUT2D eigenvalue weighted by Gasteiger charge is -2.22. The van der Waals surface area contributed by atoms with E-state index in [0.29, 0.717) is 28.9 Å². The van der Waals surface area contributed by atoms with Gasteiger partial charge in [0, 0.05) is 11.0 Å². The Morgan fingerprint density at radius 2 is 1.75 bits per heavy atom. The van der Waals surface area contributed by atoms with Gasteiger partial charge in [-0.1, -0.05) is 24.3 Å². The number of rotatable bonds is 7. The molecule has 0 saturated heterocycles. The van der Waals surface area contributed by atoms with Crippen LogP contribution in [0, 0.1) is 0 Å². The molecule has 0 aliphatic rings. The molecule has 0 aliphatic carbocycles. The summed E-state index contributed by atoms with van der Waals surface area (Å²) in [6.07, 6.45) is 2.55.